The van der Waals surface area contributed by atoms with Gasteiger partial charge in [0.15, 0.2) is 0 Å². The van der Waals surface area contributed by atoms with Gasteiger partial charge in [0.2, 0.25) is 11.0 Å². The highest BCUT2D eigenvalue weighted by Crippen LogP contribution is 2.35. The first kappa shape index (κ1) is 24.5. The minimum atomic E-state index is -4.48. The molecule has 12 heteroatoms. The number of aromatic nitrogens is 1. The van der Waals surface area contributed by atoms with Gasteiger partial charge in [0.05, 0.1) is 29.6 Å². The Kier molecular flexibility index (Phi) is 7.22. The van der Waals surface area contributed by atoms with Gasteiger partial charge in [-0.15, -0.1) is 0 Å². The van der Waals surface area contributed by atoms with Crippen LogP contribution in [0.4, 0.5) is 29.3 Å². The van der Waals surface area contributed by atoms with E-state index in [0.29, 0.717) is 22.9 Å². The average Bonchev–Trinajstić information content (AvgIpc) is 3.51. The van der Waals surface area contributed by atoms with Crippen LogP contribution in [-0.4, -0.2) is 35.7 Å². The standard InChI is InChI=1S/C23H21F3N4O4S/c24-23(25,26)17-3-1-2-4-18(17)29-16-7-5-15(6-8-16)11-28-20(31)22(9-10-33-13-22)30-21(32)34-19-12-27-14-35-19/h1-8,12,14,29H,9-11,13H2,(H,28,31)(H,30,32)/t22-/m0/s1. The Hall–Kier alpha value is -3.64. The predicted octanol–water partition coefficient (Wildman–Crippen LogP) is 4.47. The molecule has 1 saturated heterocycles. The number of nitrogens with zero attached hydrogens (tertiary/aromatic N) is 1. The van der Waals surface area contributed by atoms with E-state index in [1.807, 2.05) is 0 Å². The second-order valence-electron chi connectivity index (χ2n) is 7.77. The van der Waals surface area contributed by atoms with Crippen LogP contribution in [0, 0.1) is 0 Å². The van der Waals surface area contributed by atoms with Gasteiger partial charge in [0.25, 0.3) is 0 Å². The van der Waals surface area contributed by atoms with E-state index in [9.17, 15) is 22.8 Å². The largest absolute Gasteiger partial charge is 0.418 e. The van der Waals surface area contributed by atoms with Crippen LogP contribution in [0.1, 0.15) is 17.5 Å². The zero-order chi connectivity index (χ0) is 24.9. The molecule has 2 aromatic carbocycles. The molecule has 0 bridgehead atoms. The number of carbonyl (C=O) groups is 2. The Balaban J connectivity index is 1.36. The number of anilines is 2. The molecule has 4 rings (SSSR count). The molecule has 2 heterocycles. The highest BCUT2D eigenvalue weighted by molar-refractivity contribution is 7.11. The van der Waals surface area contributed by atoms with Crippen LogP contribution in [0.3, 0.4) is 0 Å². The quantitative estimate of drug-likeness (QED) is 0.437. The summed E-state index contributed by atoms with van der Waals surface area (Å²) in [6.07, 6.45) is -3.60. The Morgan fingerprint density at radius 1 is 1.14 bits per heavy atom. The van der Waals surface area contributed by atoms with Gasteiger partial charge in [-0.05, 0) is 29.8 Å². The maximum absolute atomic E-state index is 13.2. The molecule has 0 saturated carbocycles. The molecule has 2 amide bonds. The molecule has 0 spiro atoms. The topological polar surface area (TPSA) is 102 Å². The highest BCUT2D eigenvalue weighted by atomic mass is 32.1. The van der Waals surface area contributed by atoms with Gasteiger partial charge in [0, 0.05) is 25.3 Å². The minimum absolute atomic E-state index is 0.00189. The second-order valence-corrected chi connectivity index (χ2v) is 8.62. The number of nitrogens with one attached hydrogen (secondary N) is 3. The fourth-order valence-corrected chi connectivity index (χ4v) is 3.99. The number of alkyl halides is 3. The third-order valence-electron chi connectivity index (χ3n) is 5.32. The molecule has 1 aliphatic heterocycles. The first-order valence-corrected chi connectivity index (χ1v) is 11.4. The second kappa shape index (κ2) is 10.3. The summed E-state index contributed by atoms with van der Waals surface area (Å²) in [5.41, 5.74) is 0.603. The summed E-state index contributed by atoms with van der Waals surface area (Å²) in [6.45, 7) is 0.442. The summed E-state index contributed by atoms with van der Waals surface area (Å²) in [5.74, 6) is -0.433. The summed E-state index contributed by atoms with van der Waals surface area (Å²) in [4.78, 5) is 29.0. The monoisotopic (exact) mass is 506 g/mol. The van der Waals surface area contributed by atoms with Gasteiger partial charge < -0.3 is 25.4 Å². The lowest BCUT2D eigenvalue weighted by Crippen LogP contribution is -2.59. The van der Waals surface area contributed by atoms with Gasteiger partial charge in [-0.3, -0.25) is 4.79 Å². The number of halogens is 3. The molecule has 1 atom stereocenters. The fourth-order valence-electron chi connectivity index (χ4n) is 3.52. The Bertz CT molecular complexity index is 1160. The SMILES string of the molecule is O=C(N[C@@]1(C(=O)NCc2ccc(Nc3ccccc3C(F)(F)F)cc2)CCOC1)Oc1cncs1. The van der Waals surface area contributed by atoms with Crippen molar-refractivity contribution in [3.63, 3.8) is 0 Å². The molecule has 8 nitrogen and oxygen atoms in total. The van der Waals surface area contributed by atoms with Crippen LogP contribution in [-0.2, 0) is 22.3 Å². The van der Waals surface area contributed by atoms with E-state index in [4.69, 9.17) is 9.47 Å². The first-order chi connectivity index (χ1) is 16.7. The minimum Gasteiger partial charge on any atom is -0.397 e. The van der Waals surface area contributed by atoms with Gasteiger partial charge >= 0.3 is 12.3 Å². The van der Waals surface area contributed by atoms with Crippen LogP contribution < -0.4 is 20.7 Å². The van der Waals surface area contributed by atoms with Crippen molar-refractivity contribution in [1.82, 2.24) is 15.6 Å². The maximum atomic E-state index is 13.2. The van der Waals surface area contributed by atoms with E-state index in [-0.39, 0.29) is 25.3 Å². The number of hydrogen-bond acceptors (Lipinski definition) is 7. The number of amides is 2. The van der Waals surface area contributed by atoms with E-state index in [2.05, 4.69) is 20.9 Å². The number of para-hydroxylation sites is 1. The summed E-state index contributed by atoms with van der Waals surface area (Å²) >= 11 is 1.14. The number of thiazole rings is 1. The lowest BCUT2D eigenvalue weighted by molar-refractivity contribution is -0.137. The molecule has 0 radical (unpaired) electrons. The van der Waals surface area contributed by atoms with E-state index < -0.39 is 29.3 Å². The number of ether oxygens (including phenoxy) is 2. The van der Waals surface area contributed by atoms with Crippen LogP contribution in [0.25, 0.3) is 0 Å². The molecule has 184 valence electrons. The summed E-state index contributed by atoms with van der Waals surface area (Å²) in [7, 11) is 0. The van der Waals surface area contributed by atoms with Crippen molar-refractivity contribution < 1.29 is 32.2 Å². The predicted molar refractivity (Wildman–Crippen MR) is 122 cm³/mol. The molecule has 0 unspecified atom stereocenters. The van der Waals surface area contributed by atoms with Crippen molar-refractivity contribution in [2.45, 2.75) is 24.7 Å². The average molecular weight is 507 g/mol. The normalized spacial score (nSPS) is 17.6. The van der Waals surface area contributed by atoms with E-state index in [1.54, 1.807) is 24.3 Å². The molecular weight excluding hydrogens is 485 g/mol. The molecule has 1 aromatic heterocycles. The third-order valence-corrected chi connectivity index (χ3v) is 5.97. The third kappa shape index (κ3) is 6.08. The van der Waals surface area contributed by atoms with E-state index in [0.717, 1.165) is 17.4 Å². The molecule has 35 heavy (non-hydrogen) atoms. The zero-order valence-electron chi connectivity index (χ0n) is 18.2. The molecule has 3 aromatic rings. The zero-order valence-corrected chi connectivity index (χ0v) is 19.0. The van der Waals surface area contributed by atoms with Crippen LogP contribution in [0.15, 0.2) is 60.2 Å². The van der Waals surface area contributed by atoms with Gasteiger partial charge in [0.1, 0.15) is 5.54 Å². The molecule has 0 aliphatic carbocycles. The summed E-state index contributed by atoms with van der Waals surface area (Å²) in [6, 6.07) is 11.8. The van der Waals surface area contributed by atoms with Crippen molar-refractivity contribution in [1.29, 1.82) is 0 Å². The molecular formula is C23H21F3N4O4S. The fraction of sp³-hybridized carbons (Fsp3) is 0.261. The Morgan fingerprint density at radius 2 is 1.91 bits per heavy atom. The Morgan fingerprint density at radius 3 is 2.57 bits per heavy atom. The number of hydrogen-bond donors (Lipinski definition) is 3. The molecule has 1 aliphatic rings. The van der Waals surface area contributed by atoms with Gasteiger partial charge in [-0.1, -0.05) is 35.6 Å². The lowest BCUT2D eigenvalue weighted by Gasteiger charge is -2.26. The van der Waals surface area contributed by atoms with Crippen molar-refractivity contribution in [2.24, 2.45) is 0 Å². The summed E-state index contributed by atoms with van der Waals surface area (Å²) < 4.78 is 50.1. The molecule has 3 N–H and O–H groups in total. The number of carbonyl (C=O) groups excluding carboxylic acids is 2. The Labute approximate surface area is 202 Å². The van der Waals surface area contributed by atoms with Crippen molar-refractivity contribution in [3.05, 3.63) is 71.4 Å². The van der Waals surface area contributed by atoms with Crippen molar-refractivity contribution in [3.8, 4) is 5.06 Å². The van der Waals surface area contributed by atoms with Crippen molar-refractivity contribution in [2.75, 3.05) is 18.5 Å². The lowest BCUT2D eigenvalue weighted by atomic mass is 9.97. The van der Waals surface area contributed by atoms with E-state index in [1.165, 1.54) is 29.9 Å². The maximum Gasteiger partial charge on any atom is 0.418 e. The van der Waals surface area contributed by atoms with Gasteiger partial charge in [-0.2, -0.15) is 13.2 Å². The number of rotatable bonds is 7. The van der Waals surface area contributed by atoms with Crippen molar-refractivity contribution >= 4 is 34.7 Å². The highest BCUT2D eigenvalue weighted by Gasteiger charge is 2.44. The van der Waals surface area contributed by atoms with Gasteiger partial charge in [-0.25, -0.2) is 9.78 Å². The van der Waals surface area contributed by atoms with Crippen LogP contribution in [0.5, 0.6) is 5.06 Å². The van der Waals surface area contributed by atoms with Crippen LogP contribution in [0.2, 0.25) is 0 Å². The summed E-state index contributed by atoms with van der Waals surface area (Å²) in [5, 5.41) is 8.44. The number of benzene rings is 2. The van der Waals surface area contributed by atoms with E-state index >= 15 is 0 Å². The molecule has 1 fully saturated rings. The smallest absolute Gasteiger partial charge is 0.397 e. The first-order valence-electron chi connectivity index (χ1n) is 10.5. The van der Waals surface area contributed by atoms with Crippen LogP contribution >= 0.6 is 11.3 Å².